The third-order valence-corrected chi connectivity index (χ3v) is 6.24. The number of piperidine rings is 1. The molecule has 0 saturated carbocycles. The average molecular weight is 353 g/mol. The van der Waals surface area contributed by atoms with E-state index in [1.54, 1.807) is 26.0 Å². The van der Waals surface area contributed by atoms with Crippen molar-refractivity contribution in [2.75, 3.05) is 13.1 Å². The van der Waals surface area contributed by atoms with E-state index >= 15 is 0 Å². The molecule has 0 atom stereocenters. The second kappa shape index (κ2) is 6.40. The van der Waals surface area contributed by atoms with Crippen molar-refractivity contribution in [1.82, 2.24) is 14.8 Å². The number of carbonyl (C=O) groups is 1. The molecule has 0 bridgehead atoms. The molecular formula is C15H19N3O5S. The summed E-state index contributed by atoms with van der Waals surface area (Å²) in [4.78, 5) is 12.1. The highest BCUT2D eigenvalue weighted by atomic mass is 32.2. The van der Waals surface area contributed by atoms with Crippen LogP contribution in [0.3, 0.4) is 0 Å². The molecule has 9 heteroatoms. The first-order valence-corrected chi connectivity index (χ1v) is 9.11. The quantitative estimate of drug-likeness (QED) is 0.892. The normalized spacial score (nSPS) is 17.1. The standard InChI is InChI=1S/C15H19N3O5S/c1-10-14(11(2)23-17-10)24(20,21)18-7-5-12(6-8-18)16-15(19)13-4-3-9-22-13/h3-4,9,12H,5-8H2,1-2H3,(H,16,19). The predicted octanol–water partition coefficient (Wildman–Crippen LogP) is 1.47. The Morgan fingerprint density at radius 2 is 2.04 bits per heavy atom. The van der Waals surface area contributed by atoms with E-state index in [1.807, 2.05) is 0 Å². The summed E-state index contributed by atoms with van der Waals surface area (Å²) in [7, 11) is -3.63. The monoisotopic (exact) mass is 353 g/mol. The van der Waals surface area contributed by atoms with Gasteiger partial charge in [-0.1, -0.05) is 5.16 Å². The number of amides is 1. The molecule has 1 fully saturated rings. The molecule has 1 N–H and O–H groups in total. The molecule has 1 aliphatic heterocycles. The Labute approximate surface area is 139 Å². The van der Waals surface area contributed by atoms with Gasteiger partial charge >= 0.3 is 0 Å². The maximum absolute atomic E-state index is 12.7. The molecule has 0 radical (unpaired) electrons. The van der Waals surface area contributed by atoms with Crippen LogP contribution in [0.2, 0.25) is 0 Å². The van der Waals surface area contributed by atoms with Gasteiger partial charge in [-0.3, -0.25) is 4.79 Å². The van der Waals surface area contributed by atoms with E-state index in [1.165, 1.54) is 10.6 Å². The van der Waals surface area contributed by atoms with Gasteiger partial charge in [-0.15, -0.1) is 0 Å². The number of furan rings is 1. The van der Waals surface area contributed by atoms with Gasteiger partial charge in [-0.25, -0.2) is 8.42 Å². The topological polar surface area (TPSA) is 106 Å². The molecule has 0 aliphatic carbocycles. The Kier molecular flexibility index (Phi) is 4.46. The van der Waals surface area contributed by atoms with Crippen LogP contribution < -0.4 is 5.32 Å². The third-order valence-electron chi connectivity index (χ3n) is 4.10. The van der Waals surface area contributed by atoms with Gasteiger partial charge in [-0.2, -0.15) is 4.31 Å². The van der Waals surface area contributed by atoms with Gasteiger partial charge in [0, 0.05) is 19.1 Å². The first-order valence-electron chi connectivity index (χ1n) is 7.67. The molecule has 0 aromatic carbocycles. The molecule has 130 valence electrons. The molecule has 1 saturated heterocycles. The molecule has 2 aromatic rings. The van der Waals surface area contributed by atoms with E-state index < -0.39 is 10.0 Å². The van der Waals surface area contributed by atoms with Crippen molar-refractivity contribution in [2.45, 2.75) is 37.6 Å². The van der Waals surface area contributed by atoms with Gasteiger partial charge in [0.2, 0.25) is 10.0 Å². The predicted molar refractivity (Wildman–Crippen MR) is 83.9 cm³/mol. The molecular weight excluding hydrogens is 334 g/mol. The van der Waals surface area contributed by atoms with Gasteiger partial charge in [0.05, 0.1) is 6.26 Å². The van der Waals surface area contributed by atoms with Crippen LogP contribution in [-0.4, -0.2) is 42.9 Å². The fourth-order valence-corrected chi connectivity index (χ4v) is 4.64. The number of aryl methyl sites for hydroxylation is 2. The number of nitrogens with one attached hydrogen (secondary N) is 1. The molecule has 1 amide bonds. The molecule has 3 rings (SSSR count). The van der Waals surface area contributed by atoms with Crippen molar-refractivity contribution in [3.63, 3.8) is 0 Å². The molecule has 24 heavy (non-hydrogen) atoms. The lowest BCUT2D eigenvalue weighted by Crippen LogP contribution is -2.46. The van der Waals surface area contributed by atoms with Crippen molar-refractivity contribution < 1.29 is 22.2 Å². The van der Waals surface area contributed by atoms with Crippen molar-refractivity contribution in [3.05, 3.63) is 35.6 Å². The van der Waals surface area contributed by atoms with Gasteiger partial charge in [-0.05, 0) is 38.8 Å². The SMILES string of the molecule is Cc1noc(C)c1S(=O)(=O)N1CCC(NC(=O)c2ccco2)CC1. The fraction of sp³-hybridized carbons (Fsp3) is 0.467. The smallest absolute Gasteiger partial charge is 0.287 e. The van der Waals surface area contributed by atoms with Gasteiger partial charge < -0.3 is 14.3 Å². The summed E-state index contributed by atoms with van der Waals surface area (Å²) in [5, 5.41) is 6.58. The van der Waals surface area contributed by atoms with Gasteiger partial charge in [0.25, 0.3) is 5.91 Å². The Morgan fingerprint density at radius 1 is 1.33 bits per heavy atom. The summed E-state index contributed by atoms with van der Waals surface area (Å²) >= 11 is 0. The molecule has 0 unspecified atom stereocenters. The fourth-order valence-electron chi connectivity index (χ4n) is 2.88. The first kappa shape index (κ1) is 16.7. The summed E-state index contributed by atoms with van der Waals surface area (Å²) in [6.45, 7) is 3.86. The Hall–Kier alpha value is -2.13. The minimum atomic E-state index is -3.63. The van der Waals surface area contributed by atoms with Crippen LogP contribution in [0, 0.1) is 13.8 Å². The molecule has 0 spiro atoms. The molecule has 3 heterocycles. The Bertz CT molecular complexity index is 798. The maximum atomic E-state index is 12.7. The summed E-state index contributed by atoms with van der Waals surface area (Å²) in [5.74, 6) is 0.258. The lowest BCUT2D eigenvalue weighted by molar-refractivity contribution is 0.0895. The minimum Gasteiger partial charge on any atom is -0.459 e. The first-order chi connectivity index (χ1) is 11.4. The average Bonchev–Trinajstić information content (AvgIpc) is 3.18. The summed E-state index contributed by atoms with van der Waals surface area (Å²) in [6.07, 6.45) is 2.51. The van der Waals surface area contributed by atoms with Crippen LogP contribution in [0.4, 0.5) is 0 Å². The highest BCUT2D eigenvalue weighted by Gasteiger charge is 2.34. The number of aromatic nitrogens is 1. The van der Waals surface area contributed by atoms with Crippen molar-refractivity contribution in [2.24, 2.45) is 0 Å². The van der Waals surface area contributed by atoms with Crippen molar-refractivity contribution >= 4 is 15.9 Å². The lowest BCUT2D eigenvalue weighted by Gasteiger charge is -2.31. The number of carbonyl (C=O) groups excluding carboxylic acids is 1. The summed E-state index contributed by atoms with van der Waals surface area (Å²) in [5.41, 5.74) is 0.362. The second-order valence-corrected chi connectivity index (χ2v) is 7.66. The maximum Gasteiger partial charge on any atom is 0.287 e. The van der Waals surface area contributed by atoms with Crippen LogP contribution >= 0.6 is 0 Å². The van der Waals surface area contributed by atoms with E-state index in [4.69, 9.17) is 8.94 Å². The second-order valence-electron chi connectivity index (χ2n) is 5.78. The Balaban J connectivity index is 1.64. The number of hydrogen-bond donors (Lipinski definition) is 1. The van der Waals surface area contributed by atoms with Crippen LogP contribution in [0.25, 0.3) is 0 Å². The van der Waals surface area contributed by atoms with Crippen LogP contribution in [0.15, 0.2) is 32.2 Å². The van der Waals surface area contributed by atoms with E-state index in [9.17, 15) is 13.2 Å². The van der Waals surface area contributed by atoms with Crippen molar-refractivity contribution in [1.29, 1.82) is 0 Å². The Morgan fingerprint density at radius 3 is 2.58 bits per heavy atom. The van der Waals surface area contributed by atoms with Gasteiger partial charge in [0.1, 0.15) is 10.6 Å². The third kappa shape index (κ3) is 3.09. The highest BCUT2D eigenvalue weighted by Crippen LogP contribution is 2.26. The van der Waals surface area contributed by atoms with E-state index in [0.29, 0.717) is 37.4 Å². The van der Waals surface area contributed by atoms with Gasteiger partial charge in [0.15, 0.2) is 11.5 Å². The van der Waals surface area contributed by atoms with Crippen LogP contribution in [0.5, 0.6) is 0 Å². The zero-order valence-electron chi connectivity index (χ0n) is 13.5. The van der Waals surface area contributed by atoms with E-state index in [-0.39, 0.29) is 22.6 Å². The summed E-state index contributed by atoms with van der Waals surface area (Å²) < 4.78 is 36.9. The zero-order valence-corrected chi connectivity index (χ0v) is 14.3. The van der Waals surface area contributed by atoms with Crippen molar-refractivity contribution in [3.8, 4) is 0 Å². The molecule has 8 nitrogen and oxygen atoms in total. The number of nitrogens with zero attached hydrogens (tertiary/aromatic N) is 2. The highest BCUT2D eigenvalue weighted by molar-refractivity contribution is 7.89. The summed E-state index contributed by atoms with van der Waals surface area (Å²) in [6, 6.07) is 3.15. The van der Waals surface area contributed by atoms with E-state index in [2.05, 4.69) is 10.5 Å². The minimum absolute atomic E-state index is 0.0845. The van der Waals surface area contributed by atoms with Crippen LogP contribution in [-0.2, 0) is 10.0 Å². The number of hydrogen-bond acceptors (Lipinski definition) is 6. The number of rotatable bonds is 4. The zero-order chi connectivity index (χ0) is 17.3. The largest absolute Gasteiger partial charge is 0.459 e. The molecule has 1 aliphatic rings. The lowest BCUT2D eigenvalue weighted by atomic mass is 10.1. The van der Waals surface area contributed by atoms with Crippen LogP contribution in [0.1, 0.15) is 34.9 Å². The number of sulfonamides is 1. The van der Waals surface area contributed by atoms with E-state index in [0.717, 1.165) is 0 Å². The molecule has 2 aromatic heterocycles.